The summed E-state index contributed by atoms with van der Waals surface area (Å²) in [6.45, 7) is 1.60. The van der Waals surface area contributed by atoms with Crippen molar-refractivity contribution in [1.82, 2.24) is 0 Å². The van der Waals surface area contributed by atoms with Gasteiger partial charge >= 0.3 is 51.4 Å². The molecule has 1 aromatic rings. The molecule has 1 atom stereocenters. The smallest absolute Gasteiger partial charge is 0.547 e. The second-order valence-corrected chi connectivity index (χ2v) is 2.87. The molecule has 14 heavy (non-hydrogen) atoms. The third-order valence-corrected chi connectivity index (χ3v) is 2.10. The first-order valence-corrected chi connectivity index (χ1v) is 4.10. The standard InChI is InChI=1S/C10H12O3.K/c1-2-10(13,9(11)12)8-6-4-3-5-7-8;/h3-7,13H,2H2,1H3,(H,11,12);/q;+1/p-1/t10-;/m0./s1. The molecule has 0 spiro atoms. The van der Waals surface area contributed by atoms with Crippen molar-refractivity contribution < 1.29 is 66.4 Å². The van der Waals surface area contributed by atoms with Crippen LogP contribution >= 0.6 is 0 Å². The van der Waals surface area contributed by atoms with E-state index < -0.39 is 11.6 Å². The van der Waals surface area contributed by atoms with E-state index >= 15 is 0 Å². The number of benzene rings is 1. The SMILES string of the molecule is CC[C@@](O)(C(=O)[O-])c1ccccc1.[K+]. The van der Waals surface area contributed by atoms with E-state index in [0.29, 0.717) is 5.56 Å². The molecule has 0 amide bonds. The summed E-state index contributed by atoms with van der Waals surface area (Å²) in [6.07, 6.45) is 0.0966. The second kappa shape index (κ2) is 6.00. The van der Waals surface area contributed by atoms with Gasteiger partial charge in [0.25, 0.3) is 0 Å². The Balaban J connectivity index is 0.00000169. The van der Waals surface area contributed by atoms with Gasteiger partial charge in [-0.3, -0.25) is 0 Å². The molecule has 70 valence electrons. The molecule has 0 saturated carbocycles. The summed E-state index contributed by atoms with van der Waals surface area (Å²) in [5, 5.41) is 20.4. The van der Waals surface area contributed by atoms with Gasteiger partial charge in [-0.05, 0) is 12.0 Å². The molecule has 0 unspecified atom stereocenters. The van der Waals surface area contributed by atoms with Crippen molar-refractivity contribution in [2.75, 3.05) is 0 Å². The van der Waals surface area contributed by atoms with Crippen molar-refractivity contribution in [3.8, 4) is 0 Å². The molecule has 0 aromatic heterocycles. The Morgan fingerprint density at radius 3 is 2.29 bits per heavy atom. The van der Waals surface area contributed by atoms with Crippen LogP contribution in [0.4, 0.5) is 0 Å². The predicted octanol–water partition coefficient (Wildman–Crippen LogP) is -2.96. The van der Waals surface area contributed by atoms with Crippen molar-refractivity contribution in [1.29, 1.82) is 0 Å². The molecule has 1 rings (SSSR count). The summed E-state index contributed by atoms with van der Waals surface area (Å²) in [5.74, 6) is -1.46. The zero-order valence-electron chi connectivity index (χ0n) is 8.36. The van der Waals surface area contributed by atoms with Gasteiger partial charge in [-0.25, -0.2) is 0 Å². The number of carboxylic acid groups (broad SMARTS) is 1. The Hall–Kier alpha value is 0.286. The minimum Gasteiger partial charge on any atom is -0.547 e. The van der Waals surface area contributed by atoms with E-state index in [4.69, 9.17) is 0 Å². The monoisotopic (exact) mass is 218 g/mol. The van der Waals surface area contributed by atoms with Crippen LogP contribution in [0.5, 0.6) is 0 Å². The fourth-order valence-corrected chi connectivity index (χ4v) is 1.18. The maximum Gasteiger partial charge on any atom is 1.00 e. The molecule has 1 N–H and O–H groups in total. The molecule has 4 heteroatoms. The second-order valence-electron chi connectivity index (χ2n) is 2.87. The van der Waals surface area contributed by atoms with Crippen molar-refractivity contribution in [3.63, 3.8) is 0 Å². The van der Waals surface area contributed by atoms with Gasteiger partial charge in [-0.2, -0.15) is 0 Å². The molecule has 0 fully saturated rings. The molecule has 0 aliphatic carbocycles. The van der Waals surface area contributed by atoms with Gasteiger partial charge < -0.3 is 15.0 Å². The van der Waals surface area contributed by atoms with Gasteiger partial charge in [0, 0.05) is 0 Å². The Kier molecular flexibility index (Phi) is 6.12. The Morgan fingerprint density at radius 2 is 1.93 bits per heavy atom. The number of carbonyl (C=O) groups excluding carboxylic acids is 1. The van der Waals surface area contributed by atoms with Crippen molar-refractivity contribution >= 4 is 5.97 Å². The fourth-order valence-electron chi connectivity index (χ4n) is 1.18. The van der Waals surface area contributed by atoms with E-state index in [1.807, 2.05) is 0 Å². The van der Waals surface area contributed by atoms with E-state index in [-0.39, 0.29) is 57.8 Å². The van der Waals surface area contributed by atoms with Gasteiger partial charge in [0.15, 0.2) is 0 Å². The number of aliphatic hydroxyl groups is 1. The average Bonchev–Trinajstić information content (AvgIpc) is 2.17. The van der Waals surface area contributed by atoms with E-state index in [1.54, 1.807) is 37.3 Å². The number of aliphatic carboxylic acids is 1. The molecular formula is C10H11KO3. The summed E-state index contributed by atoms with van der Waals surface area (Å²) in [4.78, 5) is 10.7. The minimum absolute atomic E-state index is 0. The molecule has 0 heterocycles. The van der Waals surface area contributed by atoms with Crippen LogP contribution in [0.25, 0.3) is 0 Å². The van der Waals surface area contributed by atoms with Gasteiger partial charge in [-0.1, -0.05) is 37.3 Å². The van der Waals surface area contributed by atoms with E-state index in [1.165, 1.54) is 0 Å². The van der Waals surface area contributed by atoms with Gasteiger partial charge in [0.2, 0.25) is 0 Å². The quantitative estimate of drug-likeness (QED) is 0.551. The van der Waals surface area contributed by atoms with Gasteiger partial charge in [0.1, 0.15) is 5.60 Å². The average molecular weight is 218 g/mol. The van der Waals surface area contributed by atoms with Crippen LogP contribution in [0.15, 0.2) is 30.3 Å². The summed E-state index contributed by atoms with van der Waals surface area (Å²) in [6, 6.07) is 8.26. The largest absolute Gasteiger partial charge is 1.00 e. The van der Waals surface area contributed by atoms with Crippen molar-refractivity contribution in [2.24, 2.45) is 0 Å². The topological polar surface area (TPSA) is 60.4 Å². The van der Waals surface area contributed by atoms with E-state index in [0.717, 1.165) is 0 Å². The first-order chi connectivity index (χ1) is 6.11. The zero-order valence-corrected chi connectivity index (χ0v) is 11.5. The molecule has 1 aromatic carbocycles. The molecule has 0 radical (unpaired) electrons. The van der Waals surface area contributed by atoms with Crippen LogP contribution in [-0.2, 0) is 10.4 Å². The van der Waals surface area contributed by atoms with Crippen LogP contribution < -0.4 is 56.5 Å². The van der Waals surface area contributed by atoms with Crippen molar-refractivity contribution in [2.45, 2.75) is 18.9 Å². The predicted molar refractivity (Wildman–Crippen MR) is 45.6 cm³/mol. The molecule has 0 bridgehead atoms. The Morgan fingerprint density at radius 1 is 1.43 bits per heavy atom. The number of carbonyl (C=O) groups is 1. The summed E-state index contributed by atoms with van der Waals surface area (Å²) in [7, 11) is 0. The first kappa shape index (κ1) is 14.3. The summed E-state index contributed by atoms with van der Waals surface area (Å²) in [5.41, 5.74) is -1.50. The third-order valence-electron chi connectivity index (χ3n) is 2.10. The number of hydrogen-bond donors (Lipinski definition) is 1. The van der Waals surface area contributed by atoms with E-state index in [9.17, 15) is 15.0 Å². The zero-order chi connectivity index (χ0) is 9.90. The van der Waals surface area contributed by atoms with Gasteiger partial charge in [-0.15, -0.1) is 0 Å². The van der Waals surface area contributed by atoms with Crippen LogP contribution in [0.1, 0.15) is 18.9 Å². The normalized spacial score (nSPS) is 13.9. The first-order valence-electron chi connectivity index (χ1n) is 4.10. The summed E-state index contributed by atoms with van der Waals surface area (Å²) < 4.78 is 0. The van der Waals surface area contributed by atoms with Gasteiger partial charge in [0.05, 0.1) is 5.97 Å². The Bertz CT molecular complexity index is 299. The molecular weight excluding hydrogens is 207 g/mol. The maximum atomic E-state index is 10.7. The number of carboxylic acids is 1. The summed E-state index contributed by atoms with van der Waals surface area (Å²) >= 11 is 0. The van der Waals surface area contributed by atoms with Crippen LogP contribution in [0, 0.1) is 0 Å². The van der Waals surface area contributed by atoms with Crippen molar-refractivity contribution in [3.05, 3.63) is 35.9 Å². The Labute approximate surface area is 126 Å². The number of rotatable bonds is 3. The fraction of sp³-hybridized carbons (Fsp3) is 0.300. The van der Waals surface area contributed by atoms with Crippen LogP contribution in [0.2, 0.25) is 0 Å². The van der Waals surface area contributed by atoms with E-state index in [2.05, 4.69) is 0 Å². The van der Waals surface area contributed by atoms with Crippen LogP contribution in [-0.4, -0.2) is 11.1 Å². The molecule has 0 saturated heterocycles. The third kappa shape index (κ3) is 2.89. The molecule has 0 aliphatic heterocycles. The number of hydrogen-bond acceptors (Lipinski definition) is 3. The molecule has 3 nitrogen and oxygen atoms in total. The minimum atomic E-state index is -1.86. The van der Waals surface area contributed by atoms with Crippen LogP contribution in [0.3, 0.4) is 0 Å². The maximum absolute atomic E-state index is 10.7. The molecule has 0 aliphatic rings.